The van der Waals surface area contributed by atoms with Crippen molar-refractivity contribution in [3.63, 3.8) is 0 Å². The summed E-state index contributed by atoms with van der Waals surface area (Å²) in [7, 11) is -0.658. The number of nitrogens with one attached hydrogen (secondary N) is 1. The number of phenols is 1. The average molecular weight is 588 g/mol. The van der Waals surface area contributed by atoms with Gasteiger partial charge in [0.15, 0.2) is 14.9 Å². The van der Waals surface area contributed by atoms with E-state index in [1.54, 1.807) is 12.1 Å². The summed E-state index contributed by atoms with van der Waals surface area (Å²) in [5.74, 6) is 0.226. The molecule has 0 aliphatic carbocycles. The van der Waals surface area contributed by atoms with Crippen LogP contribution >= 0.6 is 15.9 Å². The van der Waals surface area contributed by atoms with Crippen molar-refractivity contribution < 1.29 is 27.8 Å². The summed E-state index contributed by atoms with van der Waals surface area (Å²) in [6, 6.07) is 13.1. The molecule has 8 nitrogen and oxygen atoms in total. The van der Waals surface area contributed by atoms with Crippen LogP contribution in [-0.4, -0.2) is 48.3 Å². The summed E-state index contributed by atoms with van der Waals surface area (Å²) >= 11 is 1.11. The van der Waals surface area contributed by atoms with E-state index in [4.69, 9.17) is 9.16 Å². The lowest BCUT2D eigenvalue weighted by Crippen LogP contribution is -2.41. The Morgan fingerprint density at radius 2 is 1.83 bits per heavy atom. The molecule has 0 saturated carbocycles. The molecule has 0 bridgehead atoms. The highest BCUT2D eigenvalue weighted by atomic mass is 79.9. The molecule has 0 radical (unpaired) electrons. The van der Waals surface area contributed by atoms with Crippen LogP contribution in [-0.2, 0) is 20.5 Å². The third kappa shape index (κ3) is 8.04. The Labute approximate surface area is 219 Å². The number of hydrogen-bond acceptors (Lipinski definition) is 5. The highest BCUT2D eigenvalue weighted by Gasteiger charge is 2.33. The van der Waals surface area contributed by atoms with E-state index >= 15 is 0 Å². The van der Waals surface area contributed by atoms with Gasteiger partial charge >= 0.3 is 0 Å². The van der Waals surface area contributed by atoms with Crippen molar-refractivity contribution >= 4 is 47.1 Å². The number of halogens is 1. The number of carbonyl (C=O) groups is 1. The Kier molecular flexibility index (Phi) is 11.2. The number of carbonyl (C=O) groups excluding carboxylic acids is 1. The lowest BCUT2D eigenvalue weighted by Gasteiger charge is -2.34. The van der Waals surface area contributed by atoms with Crippen LogP contribution in [0.3, 0.4) is 0 Å². The Bertz CT molecular complexity index is 1030. The molecule has 35 heavy (non-hydrogen) atoms. The average Bonchev–Trinajstić information content (AvgIpc) is 2.84. The van der Waals surface area contributed by atoms with Gasteiger partial charge < -0.3 is 19.6 Å². The number of rotatable bonds is 13. The third-order valence-corrected chi connectivity index (χ3v) is 12.1. The lowest BCUT2D eigenvalue weighted by molar-refractivity contribution is -0.123. The molecule has 2 atom stereocenters. The maximum absolute atomic E-state index is 12.6. The second-order valence-corrected chi connectivity index (χ2v) is 15.0. The summed E-state index contributed by atoms with van der Waals surface area (Å²) in [5, 5.41) is 13.1. The Morgan fingerprint density at radius 3 is 2.40 bits per heavy atom. The van der Waals surface area contributed by atoms with E-state index in [0.717, 1.165) is 32.5 Å². The molecule has 1 amide bonds. The monoisotopic (exact) mass is 586 g/mol. The summed E-state index contributed by atoms with van der Waals surface area (Å²) < 4.78 is 35.4. The maximum Gasteiger partial charge on any atom is 0.261 e. The number of nitrogens with zero attached hydrogens (tertiary/aromatic N) is 1. The first-order valence-corrected chi connectivity index (χ1v) is 16.0. The van der Waals surface area contributed by atoms with E-state index in [1.807, 2.05) is 25.1 Å². The minimum atomic E-state index is -2.30. The van der Waals surface area contributed by atoms with Gasteiger partial charge in [0, 0.05) is 18.1 Å². The lowest BCUT2D eigenvalue weighted by atomic mass is 10.1. The van der Waals surface area contributed by atoms with Crippen molar-refractivity contribution in [1.29, 1.82) is 0 Å². The topological polar surface area (TPSA) is 108 Å². The van der Waals surface area contributed by atoms with Crippen molar-refractivity contribution in [1.82, 2.24) is 5.32 Å². The largest absolute Gasteiger partial charge is 0.506 e. The van der Waals surface area contributed by atoms with Crippen molar-refractivity contribution in [2.24, 2.45) is 0 Å². The summed E-state index contributed by atoms with van der Waals surface area (Å²) in [4.78, 5) is 12.6. The second kappa shape index (κ2) is 13.4. The van der Waals surface area contributed by atoms with E-state index in [2.05, 4.69) is 42.0 Å². The van der Waals surface area contributed by atoms with E-state index in [-0.39, 0.29) is 30.5 Å². The van der Waals surface area contributed by atoms with E-state index in [9.17, 15) is 18.7 Å². The standard InChI is InChI=1S/C24H35BrN2O6SSi/c1-6-35(7-2,8-3)33-23(18-9-11-21(28)20(14-18)27(5)34(30)31)15-26-24(29)16-32-22-12-10-19(25)13-17(22)4/h9-14,23,28H,6-8,15-16H2,1-5H3,(H,26,29)(H,30,31). The van der Waals surface area contributed by atoms with Gasteiger partial charge in [-0.2, -0.15) is 0 Å². The predicted molar refractivity (Wildman–Crippen MR) is 146 cm³/mol. The molecule has 0 heterocycles. The van der Waals surface area contributed by atoms with Crippen molar-refractivity contribution in [3.8, 4) is 11.5 Å². The predicted octanol–water partition coefficient (Wildman–Crippen LogP) is 5.29. The molecule has 0 aromatic heterocycles. The van der Waals surface area contributed by atoms with Crippen LogP contribution in [0.4, 0.5) is 5.69 Å². The van der Waals surface area contributed by atoms with Crippen LogP contribution in [0.15, 0.2) is 40.9 Å². The summed E-state index contributed by atoms with van der Waals surface area (Å²) in [6.07, 6.45) is -0.486. The fourth-order valence-electron chi connectivity index (χ4n) is 3.78. The Balaban J connectivity index is 2.22. The molecule has 11 heteroatoms. The number of aryl methyl sites for hydroxylation is 1. The van der Waals surface area contributed by atoms with E-state index in [1.165, 1.54) is 13.1 Å². The van der Waals surface area contributed by atoms with Gasteiger partial charge in [-0.05, 0) is 66.5 Å². The number of amides is 1. The minimum Gasteiger partial charge on any atom is -0.506 e. The quantitative estimate of drug-likeness (QED) is 0.217. The molecule has 2 rings (SSSR count). The maximum atomic E-state index is 12.6. The summed E-state index contributed by atoms with van der Waals surface area (Å²) in [6.45, 7) is 8.33. The fourth-order valence-corrected chi connectivity index (χ4v) is 7.40. The highest BCUT2D eigenvalue weighted by Crippen LogP contribution is 2.34. The van der Waals surface area contributed by atoms with Crippen LogP contribution in [0.25, 0.3) is 0 Å². The Morgan fingerprint density at radius 1 is 1.17 bits per heavy atom. The molecular weight excluding hydrogens is 552 g/mol. The zero-order chi connectivity index (χ0) is 26.2. The molecule has 0 aliphatic rings. The van der Waals surface area contributed by atoms with Crippen LogP contribution < -0.4 is 14.4 Å². The van der Waals surface area contributed by atoms with Gasteiger partial charge in [0.2, 0.25) is 0 Å². The summed E-state index contributed by atoms with van der Waals surface area (Å²) in [5.41, 5.74) is 1.82. The molecule has 2 aromatic carbocycles. The third-order valence-electron chi connectivity index (χ3n) is 6.25. The normalized spacial score (nSPS) is 13.2. The first kappa shape index (κ1) is 29.3. The second-order valence-electron chi connectivity index (χ2n) is 8.33. The first-order chi connectivity index (χ1) is 16.6. The van der Waals surface area contributed by atoms with Gasteiger partial charge in [-0.3, -0.25) is 13.7 Å². The number of anilines is 1. The van der Waals surface area contributed by atoms with Gasteiger partial charge in [-0.25, -0.2) is 4.21 Å². The van der Waals surface area contributed by atoms with Gasteiger partial charge in [0.05, 0.1) is 11.8 Å². The number of phenolic OH excluding ortho intramolecular Hbond substituents is 1. The number of ether oxygens (including phenoxy) is 1. The molecular formula is C24H35BrN2O6SSi. The minimum absolute atomic E-state index is 0.121. The SMILES string of the molecule is CC[Si](CC)(CC)OC(CNC(=O)COc1ccc(Br)cc1C)c1ccc(O)c(N(C)S(=O)O)c1. The molecule has 0 aliphatic heterocycles. The molecule has 0 fully saturated rings. The Hall–Kier alpha value is -1.92. The van der Waals surface area contributed by atoms with Gasteiger partial charge in [0.25, 0.3) is 17.2 Å². The van der Waals surface area contributed by atoms with Crippen molar-refractivity contribution in [2.75, 3.05) is 24.5 Å². The number of hydrogen-bond donors (Lipinski definition) is 3. The van der Waals surface area contributed by atoms with E-state index < -0.39 is 25.7 Å². The van der Waals surface area contributed by atoms with Crippen molar-refractivity contribution in [3.05, 3.63) is 52.0 Å². The van der Waals surface area contributed by atoms with Crippen LogP contribution in [0.5, 0.6) is 11.5 Å². The smallest absolute Gasteiger partial charge is 0.261 e. The van der Waals surface area contributed by atoms with Crippen molar-refractivity contribution in [2.45, 2.75) is 51.9 Å². The zero-order valence-electron chi connectivity index (χ0n) is 20.8. The molecule has 3 N–H and O–H groups in total. The molecule has 2 unspecified atom stereocenters. The molecule has 0 spiro atoms. The molecule has 0 saturated heterocycles. The first-order valence-electron chi connectivity index (χ1n) is 11.6. The van der Waals surface area contributed by atoms with Gasteiger partial charge in [-0.15, -0.1) is 0 Å². The number of benzene rings is 2. The highest BCUT2D eigenvalue weighted by molar-refractivity contribution is 9.10. The zero-order valence-corrected chi connectivity index (χ0v) is 24.2. The molecule has 2 aromatic rings. The molecule has 194 valence electrons. The van der Waals surface area contributed by atoms with Crippen LogP contribution in [0, 0.1) is 6.92 Å². The van der Waals surface area contributed by atoms with Gasteiger partial charge in [0.1, 0.15) is 11.5 Å². The van der Waals surface area contributed by atoms with Crippen LogP contribution in [0.2, 0.25) is 18.1 Å². The number of aromatic hydroxyl groups is 1. The fraction of sp³-hybridized carbons (Fsp3) is 0.458. The van der Waals surface area contributed by atoms with Crippen LogP contribution in [0.1, 0.15) is 38.0 Å². The van der Waals surface area contributed by atoms with Gasteiger partial charge in [-0.1, -0.05) is 42.8 Å². The van der Waals surface area contributed by atoms with E-state index in [0.29, 0.717) is 11.3 Å².